The molecule has 0 saturated carbocycles. The quantitative estimate of drug-likeness (QED) is 0.514. The van der Waals surface area contributed by atoms with Crippen molar-refractivity contribution in [2.24, 2.45) is 0 Å². The molecule has 1 N–H and O–H groups in total. The second-order valence-corrected chi connectivity index (χ2v) is 9.19. The largest absolute Gasteiger partial charge is 0.497 e. The van der Waals surface area contributed by atoms with E-state index in [1.165, 1.54) is 11.3 Å². The molecule has 1 aliphatic rings. The minimum Gasteiger partial charge on any atom is -0.497 e. The van der Waals surface area contributed by atoms with Crippen LogP contribution in [0.25, 0.3) is 0 Å². The first-order valence-corrected chi connectivity index (χ1v) is 11.7. The molecule has 0 aliphatic carbocycles. The second kappa shape index (κ2) is 9.93. The molecule has 7 nitrogen and oxygen atoms in total. The summed E-state index contributed by atoms with van der Waals surface area (Å²) in [7, 11) is 1.61. The molecule has 9 heteroatoms. The highest BCUT2D eigenvalue weighted by atomic mass is 32.2. The lowest BCUT2D eigenvalue weighted by Crippen LogP contribution is -2.24. The molecule has 1 saturated heterocycles. The van der Waals surface area contributed by atoms with Crippen LogP contribution in [0.15, 0.2) is 59.5 Å². The molecule has 160 valence electrons. The molecule has 0 unspecified atom stereocenters. The first kappa shape index (κ1) is 21.3. The van der Waals surface area contributed by atoms with E-state index < -0.39 is 0 Å². The van der Waals surface area contributed by atoms with Crippen molar-refractivity contribution in [3.63, 3.8) is 0 Å². The van der Waals surface area contributed by atoms with Gasteiger partial charge in [0.05, 0.1) is 7.11 Å². The van der Waals surface area contributed by atoms with Crippen LogP contribution in [0.5, 0.6) is 5.75 Å². The SMILES string of the molecule is COc1ccc(N2C[C@H](c3nnc(NC(=O)CCSc4ccccc4)s3)CC2=O)cc1. The molecule has 0 radical (unpaired) electrons. The van der Waals surface area contributed by atoms with Gasteiger partial charge in [-0.3, -0.25) is 9.59 Å². The number of nitrogens with one attached hydrogen (secondary N) is 1. The molecule has 1 aliphatic heterocycles. The molecule has 2 heterocycles. The van der Waals surface area contributed by atoms with E-state index >= 15 is 0 Å². The number of ether oxygens (including phenoxy) is 1. The maximum atomic E-state index is 12.5. The summed E-state index contributed by atoms with van der Waals surface area (Å²) in [6, 6.07) is 17.4. The van der Waals surface area contributed by atoms with E-state index in [1.807, 2.05) is 54.6 Å². The molecular weight excluding hydrogens is 432 g/mol. The van der Waals surface area contributed by atoms with Crippen LogP contribution < -0.4 is 15.0 Å². The number of aromatic nitrogens is 2. The van der Waals surface area contributed by atoms with Gasteiger partial charge in [0, 0.05) is 41.6 Å². The number of hydrogen-bond acceptors (Lipinski definition) is 7. The summed E-state index contributed by atoms with van der Waals surface area (Å²) in [6.45, 7) is 0.543. The van der Waals surface area contributed by atoms with Crippen LogP contribution in [0.2, 0.25) is 0 Å². The van der Waals surface area contributed by atoms with Gasteiger partial charge in [-0.2, -0.15) is 0 Å². The summed E-state index contributed by atoms with van der Waals surface area (Å²) in [5, 5.41) is 12.4. The average Bonchev–Trinajstić information content (AvgIpc) is 3.41. The highest BCUT2D eigenvalue weighted by Crippen LogP contribution is 2.34. The number of carbonyl (C=O) groups excluding carboxylic acids is 2. The monoisotopic (exact) mass is 454 g/mol. The Balaban J connectivity index is 1.30. The smallest absolute Gasteiger partial charge is 0.227 e. The molecule has 31 heavy (non-hydrogen) atoms. The molecule has 2 amide bonds. The van der Waals surface area contributed by atoms with E-state index in [2.05, 4.69) is 15.5 Å². The van der Waals surface area contributed by atoms with Gasteiger partial charge in [-0.05, 0) is 36.4 Å². The number of nitrogens with zero attached hydrogens (tertiary/aromatic N) is 3. The van der Waals surface area contributed by atoms with E-state index in [4.69, 9.17) is 4.74 Å². The highest BCUT2D eigenvalue weighted by Gasteiger charge is 2.34. The fourth-order valence-electron chi connectivity index (χ4n) is 3.29. The van der Waals surface area contributed by atoms with Crippen molar-refractivity contribution >= 4 is 45.7 Å². The van der Waals surface area contributed by atoms with Gasteiger partial charge in [0.2, 0.25) is 16.9 Å². The van der Waals surface area contributed by atoms with Gasteiger partial charge in [-0.25, -0.2) is 0 Å². The van der Waals surface area contributed by atoms with E-state index in [0.29, 0.717) is 30.3 Å². The van der Waals surface area contributed by atoms with Crippen LogP contribution >= 0.6 is 23.1 Å². The Kier molecular flexibility index (Phi) is 6.83. The van der Waals surface area contributed by atoms with Crippen molar-refractivity contribution < 1.29 is 14.3 Å². The second-order valence-electron chi connectivity index (χ2n) is 7.01. The maximum absolute atomic E-state index is 12.5. The van der Waals surface area contributed by atoms with E-state index in [0.717, 1.165) is 21.3 Å². The normalized spacial score (nSPS) is 15.8. The van der Waals surface area contributed by atoms with Gasteiger partial charge in [0.15, 0.2) is 0 Å². The molecule has 0 bridgehead atoms. The van der Waals surface area contributed by atoms with Gasteiger partial charge in [0.25, 0.3) is 0 Å². The van der Waals surface area contributed by atoms with Crippen LogP contribution in [0, 0.1) is 0 Å². The molecule has 3 aromatic rings. The highest BCUT2D eigenvalue weighted by molar-refractivity contribution is 7.99. The number of benzene rings is 2. The van der Waals surface area contributed by atoms with Crippen LogP contribution in [0.3, 0.4) is 0 Å². The zero-order valence-corrected chi connectivity index (χ0v) is 18.6. The third kappa shape index (κ3) is 5.42. The molecule has 1 atom stereocenters. The molecular formula is C22H22N4O3S2. The number of methoxy groups -OCH3 is 1. The number of rotatable bonds is 8. The summed E-state index contributed by atoms with van der Waals surface area (Å²) >= 11 is 2.97. The zero-order chi connectivity index (χ0) is 21.6. The average molecular weight is 455 g/mol. The summed E-state index contributed by atoms with van der Waals surface area (Å²) in [6.07, 6.45) is 0.768. The molecule has 1 aromatic heterocycles. The standard InChI is InChI=1S/C22H22N4O3S2/c1-29-17-9-7-16(8-10-17)26-14-15(13-20(26)28)21-24-25-22(31-21)23-19(27)11-12-30-18-5-3-2-4-6-18/h2-10,15H,11-14H2,1H3,(H,23,25,27)/t15-/m1/s1. The fourth-order valence-corrected chi connectivity index (χ4v) is 5.02. The molecule has 2 aromatic carbocycles. The summed E-state index contributed by atoms with van der Waals surface area (Å²) in [5.41, 5.74) is 0.835. The number of hydrogen-bond donors (Lipinski definition) is 1. The topological polar surface area (TPSA) is 84.4 Å². The minimum absolute atomic E-state index is 0.0358. The maximum Gasteiger partial charge on any atom is 0.227 e. The first-order chi connectivity index (χ1) is 15.1. The van der Waals surface area contributed by atoms with Gasteiger partial charge in [-0.1, -0.05) is 29.5 Å². The zero-order valence-electron chi connectivity index (χ0n) is 17.0. The predicted molar refractivity (Wildman–Crippen MR) is 123 cm³/mol. The number of amides is 2. The van der Waals surface area contributed by atoms with Crippen LogP contribution in [0.4, 0.5) is 10.8 Å². The van der Waals surface area contributed by atoms with Crippen LogP contribution in [-0.2, 0) is 9.59 Å². The van der Waals surface area contributed by atoms with E-state index in [1.54, 1.807) is 23.8 Å². The third-order valence-corrected chi connectivity index (χ3v) is 6.90. The lowest BCUT2D eigenvalue weighted by atomic mass is 10.1. The number of anilines is 2. The molecule has 0 spiro atoms. The van der Waals surface area contributed by atoms with Crippen molar-refractivity contribution in [1.82, 2.24) is 10.2 Å². The van der Waals surface area contributed by atoms with Crippen molar-refractivity contribution in [1.29, 1.82) is 0 Å². The Hall–Kier alpha value is -2.91. The fraction of sp³-hybridized carbons (Fsp3) is 0.273. The summed E-state index contributed by atoms with van der Waals surface area (Å²) in [5.74, 6) is 1.36. The summed E-state index contributed by atoms with van der Waals surface area (Å²) < 4.78 is 5.17. The lowest BCUT2D eigenvalue weighted by Gasteiger charge is -2.16. The minimum atomic E-state index is -0.0894. The Labute approximate surface area is 188 Å². The molecule has 1 fully saturated rings. The third-order valence-electron chi connectivity index (χ3n) is 4.89. The van der Waals surface area contributed by atoms with E-state index in [9.17, 15) is 9.59 Å². The number of carbonyl (C=O) groups is 2. The summed E-state index contributed by atoms with van der Waals surface area (Å²) in [4.78, 5) is 27.6. The van der Waals surface area contributed by atoms with Crippen LogP contribution in [-0.4, -0.2) is 41.4 Å². The van der Waals surface area contributed by atoms with Gasteiger partial charge in [0.1, 0.15) is 10.8 Å². The van der Waals surface area contributed by atoms with Crippen LogP contribution in [0.1, 0.15) is 23.8 Å². The Morgan fingerprint density at radius 3 is 2.71 bits per heavy atom. The Morgan fingerprint density at radius 1 is 1.19 bits per heavy atom. The van der Waals surface area contributed by atoms with Crippen molar-refractivity contribution in [3.05, 3.63) is 59.6 Å². The van der Waals surface area contributed by atoms with Crippen molar-refractivity contribution in [2.45, 2.75) is 23.7 Å². The Bertz CT molecular complexity index is 1040. The lowest BCUT2D eigenvalue weighted by molar-refractivity contribution is -0.117. The first-order valence-electron chi connectivity index (χ1n) is 9.88. The molecule has 4 rings (SSSR count). The number of thioether (sulfide) groups is 1. The van der Waals surface area contributed by atoms with Gasteiger partial charge >= 0.3 is 0 Å². The van der Waals surface area contributed by atoms with Crippen molar-refractivity contribution in [2.75, 3.05) is 29.6 Å². The van der Waals surface area contributed by atoms with Gasteiger partial charge in [-0.15, -0.1) is 22.0 Å². The van der Waals surface area contributed by atoms with Crippen molar-refractivity contribution in [3.8, 4) is 5.75 Å². The predicted octanol–water partition coefficient (Wildman–Crippen LogP) is 4.19. The van der Waals surface area contributed by atoms with E-state index in [-0.39, 0.29) is 17.7 Å². The van der Waals surface area contributed by atoms with Gasteiger partial charge < -0.3 is 15.0 Å². The Morgan fingerprint density at radius 2 is 1.97 bits per heavy atom.